The van der Waals surface area contributed by atoms with E-state index in [9.17, 15) is 0 Å². The van der Waals surface area contributed by atoms with Gasteiger partial charge in [0.15, 0.2) is 0 Å². The maximum absolute atomic E-state index is 9.13. The second-order valence-corrected chi connectivity index (χ2v) is 2.96. The van der Waals surface area contributed by atoms with Crippen LogP contribution < -0.4 is 5.32 Å². The van der Waals surface area contributed by atoms with Crippen LogP contribution in [0.5, 0.6) is 0 Å². The molecule has 0 saturated carbocycles. The van der Waals surface area contributed by atoms with Crippen molar-refractivity contribution >= 4 is 0 Å². The Morgan fingerprint density at radius 3 is 2.40 bits per heavy atom. The Kier molecular flexibility index (Phi) is 5.64. The first-order valence-electron chi connectivity index (χ1n) is 4.08. The van der Waals surface area contributed by atoms with E-state index in [0.29, 0.717) is 6.04 Å². The third-order valence-electron chi connectivity index (χ3n) is 1.50. The molecule has 2 heteroatoms. The van der Waals surface area contributed by atoms with Gasteiger partial charge in [-0.3, -0.25) is 0 Å². The van der Waals surface area contributed by atoms with Gasteiger partial charge in [0.05, 0.1) is 6.10 Å². The van der Waals surface area contributed by atoms with Gasteiger partial charge >= 0.3 is 0 Å². The van der Waals surface area contributed by atoms with Crippen molar-refractivity contribution in [3.8, 4) is 0 Å². The number of aliphatic hydroxyl groups is 1. The average Bonchev–Trinajstić information content (AvgIpc) is 1.87. The second-order valence-electron chi connectivity index (χ2n) is 2.96. The van der Waals surface area contributed by atoms with Crippen LogP contribution in [0.25, 0.3) is 0 Å². The Bertz CT molecular complexity index is 73.7. The maximum Gasteiger partial charge on any atom is 0.0549 e. The Balaban J connectivity index is 3.03. The van der Waals surface area contributed by atoms with Gasteiger partial charge in [-0.15, -0.1) is 0 Å². The molecule has 0 radical (unpaired) electrons. The van der Waals surface area contributed by atoms with E-state index in [0.717, 1.165) is 19.4 Å². The van der Waals surface area contributed by atoms with Gasteiger partial charge in [-0.05, 0) is 19.4 Å². The first-order valence-corrected chi connectivity index (χ1v) is 4.08. The van der Waals surface area contributed by atoms with E-state index in [1.54, 1.807) is 0 Å². The minimum atomic E-state index is -0.119. The molecule has 0 amide bonds. The van der Waals surface area contributed by atoms with Crippen molar-refractivity contribution in [3.63, 3.8) is 0 Å². The van der Waals surface area contributed by atoms with E-state index in [4.69, 9.17) is 5.11 Å². The molecule has 0 saturated heterocycles. The summed E-state index contributed by atoms with van der Waals surface area (Å²) in [6.45, 7) is 7.14. The number of aliphatic hydroxyl groups excluding tert-OH is 1. The maximum atomic E-state index is 9.13. The van der Waals surface area contributed by atoms with Gasteiger partial charge in [0.2, 0.25) is 0 Å². The lowest BCUT2D eigenvalue weighted by Gasteiger charge is -2.10. The van der Waals surface area contributed by atoms with Gasteiger partial charge in [-0.1, -0.05) is 20.8 Å². The highest BCUT2D eigenvalue weighted by Crippen LogP contribution is 1.94. The highest BCUT2D eigenvalue weighted by molar-refractivity contribution is 4.57. The van der Waals surface area contributed by atoms with Crippen LogP contribution in [-0.2, 0) is 0 Å². The van der Waals surface area contributed by atoms with Crippen molar-refractivity contribution in [2.45, 2.75) is 45.8 Å². The second kappa shape index (κ2) is 5.69. The van der Waals surface area contributed by atoms with Gasteiger partial charge < -0.3 is 10.4 Å². The molecule has 0 aromatic heterocycles. The molecule has 2 N–H and O–H groups in total. The van der Waals surface area contributed by atoms with E-state index in [1.165, 1.54) is 0 Å². The van der Waals surface area contributed by atoms with Gasteiger partial charge in [-0.2, -0.15) is 0 Å². The Hall–Kier alpha value is -0.0800. The standard InChI is InChI=1S/C8H19NO/c1-4-8(10)5-6-9-7(2)3/h7-10H,4-6H2,1-3H3. The minimum absolute atomic E-state index is 0.119. The third kappa shape index (κ3) is 6.05. The summed E-state index contributed by atoms with van der Waals surface area (Å²) in [4.78, 5) is 0. The fourth-order valence-corrected chi connectivity index (χ4v) is 0.743. The molecule has 1 atom stereocenters. The van der Waals surface area contributed by atoms with Crippen LogP contribution in [0, 0.1) is 0 Å². The molecular formula is C8H19NO. The summed E-state index contributed by atoms with van der Waals surface area (Å²) < 4.78 is 0. The summed E-state index contributed by atoms with van der Waals surface area (Å²) in [6, 6.07) is 0.532. The van der Waals surface area contributed by atoms with Gasteiger partial charge in [0, 0.05) is 6.04 Å². The van der Waals surface area contributed by atoms with Crippen molar-refractivity contribution in [1.29, 1.82) is 0 Å². The normalized spacial score (nSPS) is 14.1. The van der Waals surface area contributed by atoms with Crippen LogP contribution >= 0.6 is 0 Å². The quantitative estimate of drug-likeness (QED) is 0.608. The molecule has 0 heterocycles. The lowest BCUT2D eigenvalue weighted by Crippen LogP contribution is -2.26. The number of rotatable bonds is 5. The fraction of sp³-hybridized carbons (Fsp3) is 1.00. The highest BCUT2D eigenvalue weighted by atomic mass is 16.3. The van der Waals surface area contributed by atoms with E-state index < -0.39 is 0 Å². The topological polar surface area (TPSA) is 32.3 Å². The fourth-order valence-electron chi connectivity index (χ4n) is 0.743. The summed E-state index contributed by atoms with van der Waals surface area (Å²) in [5.74, 6) is 0. The van der Waals surface area contributed by atoms with Crippen molar-refractivity contribution in [2.24, 2.45) is 0 Å². The van der Waals surface area contributed by atoms with Crippen LogP contribution in [0.3, 0.4) is 0 Å². The zero-order valence-corrected chi connectivity index (χ0v) is 7.22. The molecular weight excluding hydrogens is 126 g/mol. The number of hydrogen-bond acceptors (Lipinski definition) is 2. The monoisotopic (exact) mass is 145 g/mol. The molecule has 0 bridgehead atoms. The zero-order chi connectivity index (χ0) is 7.98. The largest absolute Gasteiger partial charge is 0.393 e. The van der Waals surface area contributed by atoms with Crippen LogP contribution in [0.4, 0.5) is 0 Å². The molecule has 0 aromatic carbocycles. The van der Waals surface area contributed by atoms with Crippen LogP contribution in [0.2, 0.25) is 0 Å². The van der Waals surface area contributed by atoms with Crippen LogP contribution in [-0.4, -0.2) is 23.8 Å². The molecule has 0 rings (SSSR count). The molecule has 0 aliphatic carbocycles. The predicted octanol–water partition coefficient (Wildman–Crippen LogP) is 1.15. The van der Waals surface area contributed by atoms with E-state index in [-0.39, 0.29) is 6.10 Å². The number of nitrogens with one attached hydrogen (secondary N) is 1. The first kappa shape index (κ1) is 9.92. The molecule has 0 aliphatic heterocycles. The average molecular weight is 145 g/mol. The smallest absolute Gasteiger partial charge is 0.0549 e. The molecule has 1 unspecified atom stereocenters. The Labute approximate surface area is 63.6 Å². The third-order valence-corrected chi connectivity index (χ3v) is 1.50. The Morgan fingerprint density at radius 2 is 2.00 bits per heavy atom. The highest BCUT2D eigenvalue weighted by Gasteiger charge is 1.99. The van der Waals surface area contributed by atoms with E-state index in [2.05, 4.69) is 19.2 Å². The lowest BCUT2D eigenvalue weighted by molar-refractivity contribution is 0.159. The summed E-state index contributed by atoms with van der Waals surface area (Å²) in [7, 11) is 0. The van der Waals surface area contributed by atoms with Crippen molar-refractivity contribution < 1.29 is 5.11 Å². The molecule has 10 heavy (non-hydrogen) atoms. The van der Waals surface area contributed by atoms with Gasteiger partial charge in [0.25, 0.3) is 0 Å². The van der Waals surface area contributed by atoms with Gasteiger partial charge in [-0.25, -0.2) is 0 Å². The predicted molar refractivity (Wildman–Crippen MR) is 44.1 cm³/mol. The van der Waals surface area contributed by atoms with E-state index >= 15 is 0 Å². The molecule has 62 valence electrons. The van der Waals surface area contributed by atoms with Crippen molar-refractivity contribution in [3.05, 3.63) is 0 Å². The molecule has 0 aromatic rings. The van der Waals surface area contributed by atoms with Gasteiger partial charge in [0.1, 0.15) is 0 Å². The van der Waals surface area contributed by atoms with Crippen LogP contribution in [0.15, 0.2) is 0 Å². The number of hydrogen-bond donors (Lipinski definition) is 2. The SMILES string of the molecule is CCC(O)CCNC(C)C. The minimum Gasteiger partial charge on any atom is -0.393 e. The molecule has 2 nitrogen and oxygen atoms in total. The summed E-state index contributed by atoms with van der Waals surface area (Å²) in [5.41, 5.74) is 0. The molecule has 0 spiro atoms. The first-order chi connectivity index (χ1) is 4.66. The zero-order valence-electron chi connectivity index (χ0n) is 7.22. The Morgan fingerprint density at radius 1 is 1.40 bits per heavy atom. The van der Waals surface area contributed by atoms with E-state index in [1.807, 2.05) is 6.92 Å². The summed E-state index contributed by atoms with van der Waals surface area (Å²) >= 11 is 0. The molecule has 0 fully saturated rings. The summed E-state index contributed by atoms with van der Waals surface area (Å²) in [6.07, 6.45) is 1.61. The van der Waals surface area contributed by atoms with Crippen molar-refractivity contribution in [1.82, 2.24) is 5.32 Å². The molecule has 0 aliphatic rings. The van der Waals surface area contributed by atoms with Crippen LogP contribution in [0.1, 0.15) is 33.6 Å². The lowest BCUT2D eigenvalue weighted by atomic mass is 10.2. The summed E-state index contributed by atoms with van der Waals surface area (Å²) in [5, 5.41) is 12.4. The van der Waals surface area contributed by atoms with Crippen molar-refractivity contribution in [2.75, 3.05) is 6.54 Å².